The van der Waals surface area contributed by atoms with Crippen LogP contribution in [0.4, 0.5) is 0 Å². The van der Waals surface area contributed by atoms with Crippen molar-refractivity contribution in [3.05, 3.63) is 23.9 Å². The average Bonchev–Trinajstić information content (AvgIpc) is 2.19. The summed E-state index contributed by atoms with van der Waals surface area (Å²) in [4.78, 5) is 15.1. The Bertz CT molecular complexity index is 299. The molecule has 1 aromatic heterocycles. The second-order valence-corrected chi connectivity index (χ2v) is 4.33. The Kier molecular flexibility index (Phi) is 4.98. The van der Waals surface area contributed by atoms with Crippen LogP contribution in [0.2, 0.25) is 0 Å². The molecule has 0 aliphatic rings. The SMILES string of the molecule is CC(=O)c1ccc(SCCCCl)nc1. The van der Waals surface area contributed by atoms with Gasteiger partial charge < -0.3 is 0 Å². The highest BCUT2D eigenvalue weighted by molar-refractivity contribution is 7.99. The van der Waals surface area contributed by atoms with Crippen LogP contribution >= 0.6 is 23.4 Å². The lowest BCUT2D eigenvalue weighted by atomic mass is 10.2. The maximum Gasteiger partial charge on any atom is 0.161 e. The van der Waals surface area contributed by atoms with Gasteiger partial charge in [-0.15, -0.1) is 23.4 Å². The molecule has 0 bridgehead atoms. The maximum absolute atomic E-state index is 11.0. The molecule has 14 heavy (non-hydrogen) atoms. The van der Waals surface area contributed by atoms with Gasteiger partial charge in [-0.1, -0.05) is 0 Å². The van der Waals surface area contributed by atoms with Gasteiger partial charge in [0.15, 0.2) is 5.78 Å². The molecule has 0 amide bonds. The molecule has 0 spiro atoms. The molecule has 1 rings (SSSR count). The Morgan fingerprint density at radius 3 is 2.86 bits per heavy atom. The lowest BCUT2D eigenvalue weighted by molar-refractivity contribution is 0.101. The van der Waals surface area contributed by atoms with Crippen molar-refractivity contribution in [3.8, 4) is 0 Å². The molecule has 0 aromatic carbocycles. The molecule has 0 aliphatic heterocycles. The predicted octanol–water partition coefficient (Wildman–Crippen LogP) is 3.01. The Hall–Kier alpha value is -0.540. The number of aromatic nitrogens is 1. The Balaban J connectivity index is 2.51. The van der Waals surface area contributed by atoms with E-state index < -0.39 is 0 Å². The number of pyridine rings is 1. The standard InChI is InChI=1S/C10H12ClNOS/c1-8(13)9-3-4-10(12-7-9)14-6-2-5-11/h3-4,7H,2,5-6H2,1H3. The van der Waals surface area contributed by atoms with Crippen molar-refractivity contribution in [1.82, 2.24) is 4.98 Å². The number of alkyl halides is 1. The van der Waals surface area contributed by atoms with Crippen molar-refractivity contribution in [2.24, 2.45) is 0 Å². The molecular formula is C10H12ClNOS. The molecule has 1 aromatic rings. The second kappa shape index (κ2) is 6.04. The molecule has 0 saturated carbocycles. The van der Waals surface area contributed by atoms with Gasteiger partial charge >= 0.3 is 0 Å². The average molecular weight is 230 g/mol. The number of halogens is 1. The van der Waals surface area contributed by atoms with Crippen molar-refractivity contribution < 1.29 is 4.79 Å². The number of nitrogens with zero attached hydrogens (tertiary/aromatic N) is 1. The number of rotatable bonds is 5. The first-order valence-electron chi connectivity index (χ1n) is 4.40. The molecule has 0 atom stereocenters. The van der Waals surface area contributed by atoms with E-state index in [2.05, 4.69) is 4.98 Å². The fourth-order valence-corrected chi connectivity index (χ4v) is 1.99. The van der Waals surface area contributed by atoms with Crippen LogP contribution in [0.15, 0.2) is 23.4 Å². The summed E-state index contributed by atoms with van der Waals surface area (Å²) in [5, 5.41) is 0.945. The summed E-state index contributed by atoms with van der Waals surface area (Å²) in [6, 6.07) is 3.67. The van der Waals surface area contributed by atoms with Crippen LogP contribution in [0.3, 0.4) is 0 Å². The van der Waals surface area contributed by atoms with E-state index >= 15 is 0 Å². The minimum Gasteiger partial charge on any atom is -0.294 e. The summed E-state index contributed by atoms with van der Waals surface area (Å²) in [5.74, 6) is 1.70. The lowest BCUT2D eigenvalue weighted by Crippen LogP contribution is -1.93. The topological polar surface area (TPSA) is 30.0 Å². The zero-order valence-corrected chi connectivity index (χ0v) is 9.57. The third-order valence-corrected chi connectivity index (χ3v) is 2.97. The molecule has 2 nitrogen and oxygen atoms in total. The fourth-order valence-electron chi connectivity index (χ4n) is 0.905. The minimum atomic E-state index is 0.0507. The molecule has 0 unspecified atom stereocenters. The summed E-state index contributed by atoms with van der Waals surface area (Å²) in [5.41, 5.74) is 0.659. The predicted molar refractivity (Wildman–Crippen MR) is 60.3 cm³/mol. The smallest absolute Gasteiger partial charge is 0.161 e. The molecular weight excluding hydrogens is 218 g/mol. The quantitative estimate of drug-likeness (QED) is 0.337. The summed E-state index contributed by atoms with van der Waals surface area (Å²) in [6.45, 7) is 1.54. The number of ketones is 1. The number of Topliss-reactive ketones (excluding diaryl/α,β-unsaturated/α-hetero) is 1. The number of thioether (sulfide) groups is 1. The van der Waals surface area contributed by atoms with Crippen LogP contribution in [0.5, 0.6) is 0 Å². The number of hydrogen-bond donors (Lipinski definition) is 0. The van der Waals surface area contributed by atoms with E-state index in [0.29, 0.717) is 11.4 Å². The zero-order chi connectivity index (χ0) is 10.4. The summed E-state index contributed by atoms with van der Waals surface area (Å²) < 4.78 is 0. The molecule has 0 aliphatic carbocycles. The highest BCUT2D eigenvalue weighted by atomic mass is 35.5. The zero-order valence-electron chi connectivity index (χ0n) is 8.00. The van der Waals surface area contributed by atoms with Crippen molar-refractivity contribution >= 4 is 29.1 Å². The molecule has 0 radical (unpaired) electrons. The highest BCUT2D eigenvalue weighted by Crippen LogP contribution is 2.16. The normalized spacial score (nSPS) is 10.1. The van der Waals surface area contributed by atoms with Gasteiger partial charge in [0.2, 0.25) is 0 Å². The van der Waals surface area contributed by atoms with Crippen molar-refractivity contribution in [2.75, 3.05) is 11.6 Å². The molecule has 0 fully saturated rings. The van der Waals surface area contributed by atoms with Crippen molar-refractivity contribution in [1.29, 1.82) is 0 Å². The second-order valence-electron chi connectivity index (χ2n) is 2.83. The van der Waals surface area contributed by atoms with E-state index in [-0.39, 0.29) is 5.78 Å². The van der Waals surface area contributed by atoms with Crippen LogP contribution < -0.4 is 0 Å². The van der Waals surface area contributed by atoms with Crippen molar-refractivity contribution in [3.63, 3.8) is 0 Å². The summed E-state index contributed by atoms with van der Waals surface area (Å²) in [6.07, 6.45) is 2.59. The van der Waals surface area contributed by atoms with Crippen LogP contribution in [0, 0.1) is 0 Å². The van der Waals surface area contributed by atoms with Gasteiger partial charge in [0.25, 0.3) is 0 Å². The first kappa shape index (κ1) is 11.5. The van der Waals surface area contributed by atoms with Crippen LogP contribution in [-0.2, 0) is 0 Å². The van der Waals surface area contributed by atoms with Crippen LogP contribution in [0.25, 0.3) is 0 Å². The van der Waals surface area contributed by atoms with Crippen molar-refractivity contribution in [2.45, 2.75) is 18.4 Å². The first-order chi connectivity index (χ1) is 6.74. The molecule has 4 heteroatoms. The van der Waals surface area contributed by atoms with Gasteiger partial charge in [-0.3, -0.25) is 4.79 Å². The molecule has 0 saturated heterocycles. The Labute approximate surface area is 93.1 Å². The summed E-state index contributed by atoms with van der Waals surface area (Å²) >= 11 is 7.21. The van der Waals surface area contributed by atoms with E-state index in [4.69, 9.17) is 11.6 Å². The molecule has 0 N–H and O–H groups in total. The highest BCUT2D eigenvalue weighted by Gasteiger charge is 2.00. The van der Waals surface area contributed by atoms with Gasteiger partial charge in [0.05, 0.1) is 5.03 Å². The Morgan fingerprint density at radius 1 is 1.57 bits per heavy atom. The third kappa shape index (κ3) is 3.68. The monoisotopic (exact) mass is 229 g/mol. The van der Waals surface area contributed by atoms with E-state index in [0.717, 1.165) is 17.2 Å². The summed E-state index contributed by atoms with van der Waals surface area (Å²) in [7, 11) is 0. The van der Waals surface area contributed by atoms with E-state index in [9.17, 15) is 4.79 Å². The molecule has 76 valence electrons. The van der Waals surface area contributed by atoms with E-state index in [1.54, 1.807) is 24.0 Å². The van der Waals surface area contributed by atoms with E-state index in [1.165, 1.54) is 6.92 Å². The van der Waals surface area contributed by atoms with Gasteiger partial charge in [-0.05, 0) is 25.5 Å². The van der Waals surface area contributed by atoms with Crippen LogP contribution in [0.1, 0.15) is 23.7 Å². The lowest BCUT2D eigenvalue weighted by Gasteiger charge is -1.99. The first-order valence-corrected chi connectivity index (χ1v) is 5.92. The van der Waals surface area contributed by atoms with Gasteiger partial charge in [0.1, 0.15) is 0 Å². The largest absolute Gasteiger partial charge is 0.294 e. The van der Waals surface area contributed by atoms with Crippen LogP contribution in [-0.4, -0.2) is 22.4 Å². The van der Waals surface area contributed by atoms with Gasteiger partial charge in [-0.2, -0.15) is 0 Å². The Morgan fingerprint density at radius 2 is 2.36 bits per heavy atom. The van der Waals surface area contributed by atoms with Gasteiger partial charge in [-0.25, -0.2) is 4.98 Å². The minimum absolute atomic E-state index is 0.0507. The van der Waals surface area contributed by atoms with E-state index in [1.807, 2.05) is 6.07 Å². The van der Waals surface area contributed by atoms with Gasteiger partial charge in [0, 0.05) is 23.4 Å². The fraction of sp³-hybridized carbons (Fsp3) is 0.400. The molecule has 1 heterocycles. The number of carbonyl (C=O) groups excluding carboxylic acids is 1. The third-order valence-electron chi connectivity index (χ3n) is 1.67. The number of carbonyl (C=O) groups is 1. The maximum atomic E-state index is 11.0. The number of hydrogen-bond acceptors (Lipinski definition) is 3.